The largest absolute Gasteiger partial charge is 0.444 e. The maximum absolute atomic E-state index is 14.1. The van der Waals surface area contributed by atoms with E-state index in [-0.39, 0.29) is 35.3 Å². The number of rotatable bonds is 8. The number of likely N-dealkylation sites (tertiary alicyclic amines) is 1. The summed E-state index contributed by atoms with van der Waals surface area (Å²) in [6.07, 6.45) is 2.50. The van der Waals surface area contributed by atoms with Gasteiger partial charge in [-0.15, -0.1) is 21.5 Å². The summed E-state index contributed by atoms with van der Waals surface area (Å²) in [6.45, 7) is 10.2. The Morgan fingerprint density at radius 2 is 1.85 bits per heavy atom. The molecule has 1 N–H and O–H groups in total. The number of nitrogens with zero attached hydrogens (tertiary/aromatic N) is 6. The number of aromatic nitrogens is 4. The molecule has 0 bridgehead atoms. The summed E-state index contributed by atoms with van der Waals surface area (Å²) >= 11 is 1.56. The van der Waals surface area contributed by atoms with E-state index in [2.05, 4.69) is 20.5 Å². The summed E-state index contributed by atoms with van der Waals surface area (Å²) in [5.41, 5.74) is 0.614. The number of carbonyl (C=O) groups excluding carboxylic acids is 3. The lowest BCUT2D eigenvalue weighted by molar-refractivity contribution is -0.117. The van der Waals surface area contributed by atoms with Crippen LogP contribution in [-0.4, -0.2) is 61.7 Å². The first-order valence-electron chi connectivity index (χ1n) is 15.8. The normalized spacial score (nSPS) is 18.0. The maximum atomic E-state index is 14.1. The molecule has 0 aliphatic carbocycles. The standard InChI is InChI=1S/C34H39N7O5S/c1-21-20-47-29(35-21)25-13-9-15-40(25)30(43)23-17-24(36-26(18-23)41-16-10-14-27(41)42)28-38-39-31(45-28)34(5,19-22-11-7-6-8-12-22)37-32(44)46-33(2,3)4/h6-8,11-12,17-18,20,25H,9-10,13-16,19H2,1-5H3,(H,37,44). The summed E-state index contributed by atoms with van der Waals surface area (Å²) in [7, 11) is 0. The fourth-order valence-electron chi connectivity index (χ4n) is 5.99. The Labute approximate surface area is 277 Å². The predicted molar refractivity (Wildman–Crippen MR) is 176 cm³/mol. The summed E-state index contributed by atoms with van der Waals surface area (Å²) in [5.74, 6) is 0.304. The quantitative estimate of drug-likeness (QED) is 0.242. The molecule has 1 aromatic carbocycles. The molecule has 2 saturated heterocycles. The molecule has 0 spiro atoms. The fourth-order valence-corrected chi connectivity index (χ4v) is 6.93. The number of ether oxygens (including phenoxy) is 1. The number of hydrogen-bond acceptors (Lipinski definition) is 10. The first kappa shape index (κ1) is 32.3. The molecule has 4 aromatic rings. The van der Waals surface area contributed by atoms with Gasteiger partial charge in [0, 0.05) is 42.6 Å². The molecule has 2 unspecified atom stereocenters. The Morgan fingerprint density at radius 3 is 2.53 bits per heavy atom. The minimum absolute atomic E-state index is 0.0568. The molecular weight excluding hydrogens is 618 g/mol. The van der Waals surface area contributed by atoms with E-state index in [0.29, 0.717) is 43.7 Å². The molecule has 0 saturated carbocycles. The maximum Gasteiger partial charge on any atom is 0.408 e. The summed E-state index contributed by atoms with van der Waals surface area (Å²) in [4.78, 5) is 52.7. The Balaban J connectivity index is 1.37. The van der Waals surface area contributed by atoms with Crippen molar-refractivity contribution in [2.45, 2.75) is 83.9 Å². The Bertz CT molecular complexity index is 1780. The van der Waals surface area contributed by atoms with Crippen LogP contribution in [0, 0.1) is 6.92 Å². The lowest BCUT2D eigenvalue weighted by Crippen LogP contribution is -2.47. The molecule has 246 valence electrons. The molecule has 2 atom stereocenters. The minimum Gasteiger partial charge on any atom is -0.444 e. The van der Waals surface area contributed by atoms with Crippen molar-refractivity contribution in [1.82, 2.24) is 30.4 Å². The van der Waals surface area contributed by atoms with Crippen LogP contribution in [0.25, 0.3) is 11.6 Å². The van der Waals surface area contributed by atoms with E-state index in [4.69, 9.17) is 14.1 Å². The van der Waals surface area contributed by atoms with Gasteiger partial charge in [-0.3, -0.25) is 14.5 Å². The third kappa shape index (κ3) is 7.19. The predicted octanol–water partition coefficient (Wildman–Crippen LogP) is 5.98. The number of thiazole rings is 1. The molecule has 5 heterocycles. The van der Waals surface area contributed by atoms with Gasteiger partial charge in [-0.1, -0.05) is 30.3 Å². The van der Waals surface area contributed by atoms with Gasteiger partial charge in [-0.2, -0.15) is 0 Å². The van der Waals surface area contributed by atoms with Crippen LogP contribution in [0.1, 0.15) is 91.9 Å². The molecule has 47 heavy (non-hydrogen) atoms. The smallest absolute Gasteiger partial charge is 0.408 e. The van der Waals surface area contributed by atoms with Crippen molar-refractivity contribution < 1.29 is 23.5 Å². The van der Waals surface area contributed by atoms with Gasteiger partial charge in [-0.05, 0) is 71.6 Å². The van der Waals surface area contributed by atoms with E-state index in [0.717, 1.165) is 29.1 Å². The minimum atomic E-state index is -1.15. The van der Waals surface area contributed by atoms with Crippen LogP contribution in [0.4, 0.5) is 10.6 Å². The Kier molecular flexibility index (Phi) is 8.84. The first-order valence-corrected chi connectivity index (χ1v) is 16.7. The number of alkyl carbamates (subject to hydrolysis) is 1. The Morgan fingerprint density at radius 1 is 1.06 bits per heavy atom. The highest BCUT2D eigenvalue weighted by Crippen LogP contribution is 2.36. The third-order valence-electron chi connectivity index (χ3n) is 8.14. The van der Waals surface area contributed by atoms with Gasteiger partial charge >= 0.3 is 6.09 Å². The number of amides is 3. The van der Waals surface area contributed by atoms with E-state index in [1.54, 1.807) is 56.1 Å². The number of pyridine rings is 1. The van der Waals surface area contributed by atoms with Crippen LogP contribution in [0.2, 0.25) is 0 Å². The number of aryl methyl sites for hydroxylation is 1. The van der Waals surface area contributed by atoms with Crippen molar-refractivity contribution in [3.05, 3.63) is 75.6 Å². The zero-order valence-electron chi connectivity index (χ0n) is 27.3. The number of nitrogens with one attached hydrogen (secondary N) is 1. The second kappa shape index (κ2) is 12.9. The van der Waals surface area contributed by atoms with Gasteiger partial charge in [0.05, 0.1) is 6.04 Å². The first-order chi connectivity index (χ1) is 22.4. The second-order valence-electron chi connectivity index (χ2n) is 13.3. The van der Waals surface area contributed by atoms with E-state index in [9.17, 15) is 14.4 Å². The molecular formula is C34H39N7O5S. The average Bonchev–Trinajstić information content (AvgIpc) is 3.83. The van der Waals surface area contributed by atoms with Crippen molar-refractivity contribution in [3.8, 4) is 11.6 Å². The van der Waals surface area contributed by atoms with E-state index >= 15 is 0 Å². The highest BCUT2D eigenvalue weighted by atomic mass is 32.1. The second-order valence-corrected chi connectivity index (χ2v) is 14.2. The van der Waals surface area contributed by atoms with Crippen LogP contribution >= 0.6 is 11.3 Å². The van der Waals surface area contributed by atoms with Crippen molar-refractivity contribution in [2.75, 3.05) is 18.0 Å². The van der Waals surface area contributed by atoms with Gasteiger partial charge in [0.2, 0.25) is 11.8 Å². The van der Waals surface area contributed by atoms with Gasteiger partial charge in [0.1, 0.15) is 27.7 Å². The van der Waals surface area contributed by atoms with Crippen LogP contribution < -0.4 is 10.2 Å². The summed E-state index contributed by atoms with van der Waals surface area (Å²) in [5, 5.41) is 14.5. The third-order valence-corrected chi connectivity index (χ3v) is 9.20. The molecule has 13 heteroatoms. The van der Waals surface area contributed by atoms with E-state index < -0.39 is 17.2 Å². The zero-order chi connectivity index (χ0) is 33.3. The van der Waals surface area contributed by atoms with Crippen LogP contribution in [0.5, 0.6) is 0 Å². The molecule has 2 aliphatic heterocycles. The van der Waals surface area contributed by atoms with E-state index in [1.807, 2.05) is 47.5 Å². The molecule has 3 aromatic heterocycles. The van der Waals surface area contributed by atoms with Crippen LogP contribution in [0.3, 0.4) is 0 Å². The summed E-state index contributed by atoms with van der Waals surface area (Å²) < 4.78 is 11.8. The van der Waals surface area contributed by atoms with Crippen molar-refractivity contribution in [3.63, 3.8) is 0 Å². The molecule has 0 radical (unpaired) electrons. The number of anilines is 1. The van der Waals surface area contributed by atoms with Gasteiger partial charge in [-0.25, -0.2) is 14.8 Å². The average molecular weight is 658 g/mol. The Hall–Kier alpha value is -4.65. The van der Waals surface area contributed by atoms with Gasteiger partial charge in [0.15, 0.2) is 0 Å². The topological polar surface area (TPSA) is 144 Å². The molecule has 2 aliphatic rings. The molecule has 12 nitrogen and oxygen atoms in total. The van der Waals surface area contributed by atoms with Crippen molar-refractivity contribution in [1.29, 1.82) is 0 Å². The van der Waals surface area contributed by atoms with Crippen molar-refractivity contribution in [2.24, 2.45) is 0 Å². The van der Waals surface area contributed by atoms with Gasteiger partial charge in [0.25, 0.3) is 11.8 Å². The molecule has 6 rings (SSSR count). The molecule has 2 fully saturated rings. The van der Waals surface area contributed by atoms with Crippen LogP contribution in [0.15, 0.2) is 52.3 Å². The van der Waals surface area contributed by atoms with Gasteiger partial charge < -0.3 is 19.4 Å². The lowest BCUT2D eigenvalue weighted by atomic mass is 9.92. The van der Waals surface area contributed by atoms with Crippen molar-refractivity contribution >= 4 is 35.1 Å². The molecule has 3 amide bonds. The summed E-state index contributed by atoms with van der Waals surface area (Å²) in [6, 6.07) is 12.8. The fraction of sp³-hybridized carbons (Fsp3) is 0.441. The van der Waals surface area contributed by atoms with E-state index in [1.165, 1.54) is 0 Å². The monoisotopic (exact) mass is 657 g/mol. The number of hydrogen-bond donors (Lipinski definition) is 1. The van der Waals surface area contributed by atoms with Crippen LogP contribution in [-0.2, 0) is 21.5 Å². The lowest BCUT2D eigenvalue weighted by Gasteiger charge is -2.29. The highest BCUT2D eigenvalue weighted by molar-refractivity contribution is 7.09. The highest BCUT2D eigenvalue weighted by Gasteiger charge is 2.38. The number of carbonyl (C=O) groups is 3. The SMILES string of the molecule is Cc1csc(C2CCCN2C(=O)c2cc(-c3nnc(C(C)(Cc4ccccc4)NC(=O)OC(C)(C)C)o3)nc(N3CCCC3=O)c2)n1. The zero-order valence-corrected chi connectivity index (χ0v) is 28.1. The number of benzene rings is 1.